The van der Waals surface area contributed by atoms with Crippen LogP contribution < -0.4 is 9.47 Å². The smallest absolute Gasteiger partial charge is 0.193 e. The quantitative estimate of drug-likeness (QED) is 0.362. The first-order chi connectivity index (χ1) is 14.7. The summed E-state index contributed by atoms with van der Waals surface area (Å²) in [6.45, 7) is 0. The van der Waals surface area contributed by atoms with Crippen molar-refractivity contribution in [3.8, 4) is 33.8 Å². The molecule has 0 heterocycles. The summed E-state index contributed by atoms with van der Waals surface area (Å²) in [5, 5.41) is 0. The van der Waals surface area contributed by atoms with Crippen molar-refractivity contribution in [3.05, 3.63) is 108 Å². The lowest BCUT2D eigenvalue weighted by atomic mass is 9.90. The van der Waals surface area contributed by atoms with Crippen molar-refractivity contribution < 1.29 is 14.3 Å². The molecule has 30 heavy (non-hydrogen) atoms. The van der Waals surface area contributed by atoms with Crippen molar-refractivity contribution in [1.29, 1.82) is 0 Å². The molecule has 4 aromatic carbocycles. The average molecular weight is 394 g/mol. The van der Waals surface area contributed by atoms with Gasteiger partial charge in [0.2, 0.25) is 0 Å². The van der Waals surface area contributed by atoms with Crippen LogP contribution in [-0.4, -0.2) is 20.0 Å². The second-order valence-corrected chi connectivity index (χ2v) is 6.91. The molecule has 0 unspecified atom stereocenters. The fraction of sp³-hybridized carbons (Fsp3) is 0.0741. The van der Waals surface area contributed by atoms with E-state index < -0.39 is 0 Å². The van der Waals surface area contributed by atoms with Gasteiger partial charge in [-0.2, -0.15) is 0 Å². The number of carbonyl (C=O) groups excluding carboxylic acids is 1. The predicted octanol–water partition coefficient (Wildman–Crippen LogP) is 6.27. The molecule has 0 aliphatic heterocycles. The second kappa shape index (κ2) is 8.66. The second-order valence-electron chi connectivity index (χ2n) is 6.91. The standard InChI is InChI=1S/C27H22O3/c1-29-23-13-8-19(9-14-23)22-12-17-25(27(28)21-6-4-3-5-7-21)26(18-22)20-10-15-24(30-2)16-11-20/h3-18H,1-2H3. The maximum absolute atomic E-state index is 13.3. The summed E-state index contributed by atoms with van der Waals surface area (Å²) in [6, 6.07) is 31.0. The van der Waals surface area contributed by atoms with E-state index in [1.165, 1.54) is 0 Å². The maximum Gasteiger partial charge on any atom is 0.193 e. The molecule has 3 nitrogen and oxygen atoms in total. The lowest BCUT2D eigenvalue weighted by Crippen LogP contribution is -2.03. The molecule has 0 radical (unpaired) electrons. The number of carbonyl (C=O) groups is 1. The SMILES string of the molecule is COc1ccc(-c2ccc(C(=O)c3ccccc3)c(-c3ccc(OC)cc3)c2)cc1. The number of ketones is 1. The van der Waals surface area contributed by atoms with Crippen molar-refractivity contribution in [2.45, 2.75) is 0 Å². The highest BCUT2D eigenvalue weighted by atomic mass is 16.5. The van der Waals surface area contributed by atoms with Gasteiger partial charge < -0.3 is 9.47 Å². The van der Waals surface area contributed by atoms with Crippen LogP contribution in [-0.2, 0) is 0 Å². The first-order valence-corrected chi connectivity index (χ1v) is 9.72. The van der Waals surface area contributed by atoms with Gasteiger partial charge in [0.05, 0.1) is 14.2 Å². The van der Waals surface area contributed by atoms with Gasteiger partial charge in [0.1, 0.15) is 11.5 Å². The molecule has 0 N–H and O–H groups in total. The molecule has 0 fully saturated rings. The molecule has 0 aromatic heterocycles. The number of hydrogen-bond acceptors (Lipinski definition) is 3. The summed E-state index contributed by atoms with van der Waals surface area (Å²) in [5.74, 6) is 1.59. The summed E-state index contributed by atoms with van der Waals surface area (Å²) in [4.78, 5) is 13.3. The van der Waals surface area contributed by atoms with Crippen molar-refractivity contribution in [1.82, 2.24) is 0 Å². The zero-order valence-corrected chi connectivity index (χ0v) is 17.0. The summed E-state index contributed by atoms with van der Waals surface area (Å²) >= 11 is 0. The molecule has 3 heteroatoms. The normalized spacial score (nSPS) is 10.5. The van der Waals surface area contributed by atoms with Gasteiger partial charge in [-0.15, -0.1) is 0 Å². The van der Waals surface area contributed by atoms with Crippen LogP contribution in [0.2, 0.25) is 0 Å². The largest absolute Gasteiger partial charge is 0.497 e. The van der Waals surface area contributed by atoms with Gasteiger partial charge in [0.25, 0.3) is 0 Å². The van der Waals surface area contributed by atoms with E-state index in [9.17, 15) is 4.79 Å². The topological polar surface area (TPSA) is 35.5 Å². The number of ether oxygens (including phenoxy) is 2. The third-order valence-electron chi connectivity index (χ3n) is 5.12. The Hall–Kier alpha value is -3.85. The Morgan fingerprint density at radius 3 is 1.70 bits per heavy atom. The molecule has 4 aromatic rings. The van der Waals surface area contributed by atoms with Crippen LogP contribution in [0.4, 0.5) is 0 Å². The van der Waals surface area contributed by atoms with E-state index in [1.807, 2.05) is 91.0 Å². The van der Waals surface area contributed by atoms with Crippen LogP contribution in [0.25, 0.3) is 22.3 Å². The summed E-state index contributed by atoms with van der Waals surface area (Å²) < 4.78 is 10.6. The Balaban J connectivity index is 1.83. The Morgan fingerprint density at radius 1 is 0.600 bits per heavy atom. The van der Waals surface area contributed by atoms with Gasteiger partial charge in [-0.1, -0.05) is 60.7 Å². The van der Waals surface area contributed by atoms with Crippen LogP contribution >= 0.6 is 0 Å². The highest BCUT2D eigenvalue weighted by molar-refractivity contribution is 6.13. The maximum atomic E-state index is 13.3. The fourth-order valence-electron chi connectivity index (χ4n) is 3.46. The van der Waals surface area contributed by atoms with Gasteiger partial charge in [-0.05, 0) is 58.7 Å². The van der Waals surface area contributed by atoms with Crippen molar-refractivity contribution in [3.63, 3.8) is 0 Å². The number of rotatable bonds is 6. The molecule has 0 aliphatic carbocycles. The molecule has 0 saturated heterocycles. The zero-order chi connectivity index (χ0) is 20.9. The van der Waals surface area contributed by atoms with Crippen LogP contribution in [0.3, 0.4) is 0 Å². The Bertz CT molecular complexity index is 1150. The third-order valence-corrected chi connectivity index (χ3v) is 5.12. The van der Waals surface area contributed by atoms with E-state index in [-0.39, 0.29) is 5.78 Å². The van der Waals surface area contributed by atoms with Crippen LogP contribution in [0.5, 0.6) is 11.5 Å². The van der Waals surface area contributed by atoms with Gasteiger partial charge in [0, 0.05) is 11.1 Å². The molecule has 0 atom stereocenters. The lowest BCUT2D eigenvalue weighted by molar-refractivity contribution is 0.103. The molecule has 0 amide bonds. The summed E-state index contributed by atoms with van der Waals surface area (Å²) in [5.41, 5.74) is 5.29. The van der Waals surface area contributed by atoms with E-state index >= 15 is 0 Å². The summed E-state index contributed by atoms with van der Waals surface area (Å²) in [7, 11) is 3.30. The average Bonchev–Trinajstić information content (AvgIpc) is 2.84. The highest BCUT2D eigenvalue weighted by Crippen LogP contribution is 2.32. The Kier molecular flexibility index (Phi) is 5.62. The zero-order valence-electron chi connectivity index (χ0n) is 17.0. The van der Waals surface area contributed by atoms with E-state index in [4.69, 9.17) is 9.47 Å². The van der Waals surface area contributed by atoms with Gasteiger partial charge in [0.15, 0.2) is 5.78 Å². The van der Waals surface area contributed by atoms with E-state index in [2.05, 4.69) is 6.07 Å². The fourth-order valence-corrected chi connectivity index (χ4v) is 3.46. The molecule has 0 saturated carbocycles. The predicted molar refractivity (Wildman–Crippen MR) is 120 cm³/mol. The van der Waals surface area contributed by atoms with E-state index in [0.717, 1.165) is 33.8 Å². The van der Waals surface area contributed by atoms with Gasteiger partial charge in [-0.25, -0.2) is 0 Å². The molecule has 0 bridgehead atoms. The van der Waals surface area contributed by atoms with Crippen LogP contribution in [0.15, 0.2) is 97.1 Å². The van der Waals surface area contributed by atoms with Crippen molar-refractivity contribution >= 4 is 5.78 Å². The molecular weight excluding hydrogens is 372 g/mol. The lowest BCUT2D eigenvalue weighted by Gasteiger charge is -2.13. The Morgan fingerprint density at radius 2 is 1.13 bits per heavy atom. The molecular formula is C27H22O3. The van der Waals surface area contributed by atoms with Crippen molar-refractivity contribution in [2.75, 3.05) is 14.2 Å². The number of hydrogen-bond donors (Lipinski definition) is 0. The first-order valence-electron chi connectivity index (χ1n) is 9.72. The van der Waals surface area contributed by atoms with Gasteiger partial charge >= 0.3 is 0 Å². The van der Waals surface area contributed by atoms with E-state index in [1.54, 1.807) is 14.2 Å². The summed E-state index contributed by atoms with van der Waals surface area (Å²) in [6.07, 6.45) is 0. The monoisotopic (exact) mass is 394 g/mol. The molecule has 4 rings (SSSR count). The minimum atomic E-state index is 0.00250. The molecule has 0 aliphatic rings. The molecule has 148 valence electrons. The first kappa shape index (κ1) is 19.5. The highest BCUT2D eigenvalue weighted by Gasteiger charge is 2.16. The number of methoxy groups -OCH3 is 2. The third kappa shape index (κ3) is 3.96. The Labute approximate surface area is 176 Å². The molecule has 0 spiro atoms. The minimum absolute atomic E-state index is 0.00250. The number of benzene rings is 4. The van der Waals surface area contributed by atoms with Crippen LogP contribution in [0.1, 0.15) is 15.9 Å². The van der Waals surface area contributed by atoms with E-state index in [0.29, 0.717) is 11.1 Å². The van der Waals surface area contributed by atoms with Crippen LogP contribution in [0, 0.1) is 0 Å². The minimum Gasteiger partial charge on any atom is -0.497 e. The van der Waals surface area contributed by atoms with Gasteiger partial charge in [-0.3, -0.25) is 4.79 Å². The van der Waals surface area contributed by atoms with Crippen molar-refractivity contribution in [2.24, 2.45) is 0 Å².